The average molecular weight is 215 g/mol. The molecule has 0 aliphatic rings. The van der Waals surface area contributed by atoms with Crippen molar-refractivity contribution in [2.75, 3.05) is 0 Å². The van der Waals surface area contributed by atoms with Crippen molar-refractivity contribution in [3.63, 3.8) is 0 Å². The van der Waals surface area contributed by atoms with Crippen molar-refractivity contribution in [1.82, 2.24) is 4.57 Å². The Hall–Kier alpha value is -1.57. The molecule has 0 amide bonds. The van der Waals surface area contributed by atoms with Crippen molar-refractivity contribution in [3.05, 3.63) is 53.1 Å². The van der Waals surface area contributed by atoms with Crippen LogP contribution in [-0.4, -0.2) is 4.57 Å². The van der Waals surface area contributed by atoms with Crippen LogP contribution in [0.1, 0.15) is 22.5 Å². The van der Waals surface area contributed by atoms with Crippen LogP contribution in [0.25, 0.3) is 0 Å². The standard InChI is InChI=1S/C14H19N2/c1-11-7-12(2)9-14(8-11)10-16-6-5-15(4)13(16)3/h5-9H,10H2,1-4H3/q+1. The van der Waals surface area contributed by atoms with E-state index in [1.165, 1.54) is 22.5 Å². The molecule has 0 saturated heterocycles. The first-order chi connectivity index (χ1) is 7.56. The molecule has 2 nitrogen and oxygen atoms in total. The van der Waals surface area contributed by atoms with Gasteiger partial charge in [0.05, 0.1) is 7.05 Å². The minimum absolute atomic E-state index is 0.954. The number of nitrogens with zero attached hydrogens (tertiary/aromatic N) is 2. The second kappa shape index (κ2) is 4.12. The Balaban J connectivity index is 2.30. The van der Waals surface area contributed by atoms with E-state index in [0.29, 0.717) is 0 Å². The minimum Gasteiger partial charge on any atom is -0.237 e. The van der Waals surface area contributed by atoms with Gasteiger partial charge in [0.1, 0.15) is 18.9 Å². The van der Waals surface area contributed by atoms with Gasteiger partial charge in [0.15, 0.2) is 0 Å². The molecule has 0 unspecified atom stereocenters. The molecule has 0 atom stereocenters. The van der Waals surface area contributed by atoms with Crippen molar-refractivity contribution in [2.24, 2.45) is 7.05 Å². The lowest BCUT2D eigenvalue weighted by Crippen LogP contribution is -2.29. The van der Waals surface area contributed by atoms with E-state index in [4.69, 9.17) is 0 Å². The molecular weight excluding hydrogens is 196 g/mol. The fraction of sp³-hybridized carbons (Fsp3) is 0.357. The zero-order valence-corrected chi connectivity index (χ0v) is 10.5. The smallest absolute Gasteiger partial charge is 0.237 e. The molecule has 0 radical (unpaired) electrons. The highest BCUT2D eigenvalue weighted by Gasteiger charge is 2.09. The van der Waals surface area contributed by atoms with Gasteiger partial charge in [-0.2, -0.15) is 0 Å². The fourth-order valence-electron chi connectivity index (χ4n) is 2.12. The summed E-state index contributed by atoms with van der Waals surface area (Å²) in [5, 5.41) is 0. The molecular formula is C14H19N2+. The maximum atomic E-state index is 2.27. The summed E-state index contributed by atoms with van der Waals surface area (Å²) >= 11 is 0. The molecule has 0 spiro atoms. The Kier molecular flexibility index (Phi) is 2.82. The number of hydrogen-bond donors (Lipinski definition) is 0. The van der Waals surface area contributed by atoms with Crippen molar-refractivity contribution in [1.29, 1.82) is 0 Å². The second-order valence-corrected chi connectivity index (χ2v) is 4.58. The zero-order chi connectivity index (χ0) is 11.7. The SMILES string of the molecule is Cc1cc(C)cc(Cn2cc[n+](C)c2C)c1. The molecule has 1 heterocycles. The van der Waals surface area contributed by atoms with Crippen LogP contribution in [0, 0.1) is 20.8 Å². The van der Waals surface area contributed by atoms with Crippen molar-refractivity contribution < 1.29 is 4.57 Å². The first-order valence-corrected chi connectivity index (χ1v) is 5.65. The molecule has 2 heteroatoms. The van der Waals surface area contributed by atoms with E-state index in [-0.39, 0.29) is 0 Å². The highest BCUT2D eigenvalue weighted by Crippen LogP contribution is 2.10. The van der Waals surface area contributed by atoms with E-state index in [0.717, 1.165) is 6.54 Å². The number of imidazole rings is 1. The molecule has 0 aliphatic heterocycles. The van der Waals surface area contributed by atoms with E-state index in [9.17, 15) is 0 Å². The van der Waals surface area contributed by atoms with Crippen LogP contribution >= 0.6 is 0 Å². The molecule has 0 saturated carbocycles. The number of aromatic nitrogens is 2. The van der Waals surface area contributed by atoms with Gasteiger partial charge in [-0.15, -0.1) is 0 Å². The van der Waals surface area contributed by atoms with Crippen molar-refractivity contribution in [3.8, 4) is 0 Å². The first kappa shape index (κ1) is 10.9. The summed E-state index contributed by atoms with van der Waals surface area (Å²) in [6.45, 7) is 7.40. The molecule has 2 aromatic rings. The Morgan fingerprint density at radius 3 is 2.19 bits per heavy atom. The Morgan fingerprint density at radius 1 is 1.06 bits per heavy atom. The second-order valence-electron chi connectivity index (χ2n) is 4.58. The summed E-state index contributed by atoms with van der Waals surface area (Å²) in [4.78, 5) is 0. The fourth-order valence-corrected chi connectivity index (χ4v) is 2.12. The molecule has 16 heavy (non-hydrogen) atoms. The van der Waals surface area contributed by atoms with Crippen molar-refractivity contribution >= 4 is 0 Å². The molecule has 2 rings (SSSR count). The topological polar surface area (TPSA) is 8.81 Å². The Labute approximate surface area is 97.2 Å². The summed E-state index contributed by atoms with van der Waals surface area (Å²) in [5.41, 5.74) is 4.05. The van der Waals surface area contributed by atoms with E-state index >= 15 is 0 Å². The van der Waals surface area contributed by atoms with Gasteiger partial charge < -0.3 is 0 Å². The van der Waals surface area contributed by atoms with Gasteiger partial charge >= 0.3 is 0 Å². The third-order valence-electron chi connectivity index (χ3n) is 3.03. The predicted molar refractivity (Wildman–Crippen MR) is 65.4 cm³/mol. The molecule has 1 aromatic heterocycles. The summed E-state index contributed by atoms with van der Waals surface area (Å²) in [6.07, 6.45) is 4.23. The first-order valence-electron chi connectivity index (χ1n) is 5.65. The average Bonchev–Trinajstić information content (AvgIpc) is 2.48. The van der Waals surface area contributed by atoms with Crippen LogP contribution in [0.4, 0.5) is 0 Å². The predicted octanol–water partition coefficient (Wildman–Crippen LogP) is 2.29. The summed E-state index contributed by atoms with van der Waals surface area (Å²) in [7, 11) is 2.08. The number of rotatable bonds is 2. The van der Waals surface area contributed by atoms with Gasteiger partial charge in [0.2, 0.25) is 0 Å². The highest BCUT2D eigenvalue weighted by molar-refractivity contribution is 5.28. The maximum Gasteiger partial charge on any atom is 0.253 e. The van der Waals surface area contributed by atoms with Gasteiger partial charge in [0.25, 0.3) is 5.82 Å². The summed E-state index contributed by atoms with van der Waals surface area (Å²) < 4.78 is 4.41. The zero-order valence-electron chi connectivity index (χ0n) is 10.5. The Morgan fingerprint density at radius 2 is 1.69 bits per heavy atom. The third kappa shape index (κ3) is 2.16. The number of benzene rings is 1. The monoisotopic (exact) mass is 215 g/mol. The van der Waals surface area contributed by atoms with Crippen molar-refractivity contribution in [2.45, 2.75) is 27.3 Å². The molecule has 84 valence electrons. The lowest BCUT2D eigenvalue weighted by atomic mass is 10.1. The van der Waals surface area contributed by atoms with Gasteiger partial charge in [-0.1, -0.05) is 29.3 Å². The molecule has 0 bridgehead atoms. The highest BCUT2D eigenvalue weighted by atomic mass is 15.1. The maximum absolute atomic E-state index is 2.27. The summed E-state index contributed by atoms with van der Waals surface area (Å²) in [6, 6.07) is 6.73. The lowest BCUT2D eigenvalue weighted by Gasteiger charge is -2.03. The van der Waals surface area contributed by atoms with E-state index in [2.05, 4.69) is 67.5 Å². The summed E-state index contributed by atoms with van der Waals surface area (Å²) in [5.74, 6) is 1.28. The van der Waals surface area contributed by atoms with Crippen LogP contribution in [-0.2, 0) is 13.6 Å². The van der Waals surface area contributed by atoms with Gasteiger partial charge in [-0.05, 0) is 19.4 Å². The van der Waals surface area contributed by atoms with Crippen LogP contribution in [0.15, 0.2) is 30.6 Å². The lowest BCUT2D eigenvalue weighted by molar-refractivity contribution is -0.677. The molecule has 0 N–H and O–H groups in total. The van der Waals surface area contributed by atoms with Crippen LogP contribution in [0.5, 0.6) is 0 Å². The largest absolute Gasteiger partial charge is 0.253 e. The number of hydrogen-bond acceptors (Lipinski definition) is 0. The molecule has 0 fully saturated rings. The van der Waals surface area contributed by atoms with E-state index in [1.807, 2.05) is 0 Å². The quantitative estimate of drug-likeness (QED) is 0.680. The van der Waals surface area contributed by atoms with Gasteiger partial charge in [-0.3, -0.25) is 0 Å². The minimum atomic E-state index is 0.954. The van der Waals surface area contributed by atoms with E-state index < -0.39 is 0 Å². The molecule has 1 aromatic carbocycles. The molecule has 0 aliphatic carbocycles. The van der Waals surface area contributed by atoms with Crippen LogP contribution in [0.2, 0.25) is 0 Å². The normalized spacial score (nSPS) is 10.8. The third-order valence-corrected chi connectivity index (χ3v) is 3.03. The Bertz CT molecular complexity index is 489. The number of aryl methyl sites for hydroxylation is 3. The van der Waals surface area contributed by atoms with Gasteiger partial charge in [0, 0.05) is 6.92 Å². The van der Waals surface area contributed by atoms with Crippen LogP contribution < -0.4 is 4.57 Å². The van der Waals surface area contributed by atoms with E-state index in [1.54, 1.807) is 0 Å². The van der Waals surface area contributed by atoms with Gasteiger partial charge in [-0.25, -0.2) is 9.13 Å². The van der Waals surface area contributed by atoms with Crippen LogP contribution in [0.3, 0.4) is 0 Å².